The normalized spacial score (nSPS) is 18.8. The summed E-state index contributed by atoms with van der Waals surface area (Å²) in [6.07, 6.45) is 3.21. The van der Waals surface area contributed by atoms with Gasteiger partial charge in [0.2, 0.25) is 0 Å². The van der Waals surface area contributed by atoms with Crippen molar-refractivity contribution in [3.05, 3.63) is 0 Å². The Hall–Kier alpha value is -1.50. The Balaban J connectivity index is 2.45. The summed E-state index contributed by atoms with van der Waals surface area (Å²) in [6.45, 7) is 14.3. The lowest BCUT2D eigenvalue weighted by Crippen LogP contribution is -2.49. The number of nitrogens with zero attached hydrogens (tertiary/aromatic N) is 1. The van der Waals surface area contributed by atoms with Crippen molar-refractivity contribution in [2.45, 2.75) is 78.0 Å². The van der Waals surface area contributed by atoms with E-state index in [1.807, 2.05) is 41.5 Å². The monoisotopic (exact) mass is 356 g/mol. The van der Waals surface area contributed by atoms with Gasteiger partial charge in [0.05, 0.1) is 18.2 Å². The first-order valence-corrected chi connectivity index (χ1v) is 9.26. The van der Waals surface area contributed by atoms with Gasteiger partial charge in [-0.3, -0.25) is 4.99 Å². The van der Waals surface area contributed by atoms with Crippen LogP contribution in [0.3, 0.4) is 0 Å². The fourth-order valence-electron chi connectivity index (χ4n) is 2.46. The molecular formula is C18H36N4O3. The molecule has 1 rings (SSSR count). The van der Waals surface area contributed by atoms with E-state index in [4.69, 9.17) is 9.47 Å². The SMILES string of the molecule is CCNC(=NCC(C)(C)NC(=O)OC(C)(C)C)NCCC1CCCO1. The molecule has 0 spiro atoms. The summed E-state index contributed by atoms with van der Waals surface area (Å²) in [5, 5.41) is 9.42. The molecule has 1 saturated heterocycles. The molecule has 7 heteroatoms. The average Bonchev–Trinajstić information content (AvgIpc) is 2.95. The van der Waals surface area contributed by atoms with Gasteiger partial charge in [-0.25, -0.2) is 4.79 Å². The van der Waals surface area contributed by atoms with Gasteiger partial charge in [-0.05, 0) is 60.8 Å². The molecule has 3 N–H and O–H groups in total. The fraction of sp³-hybridized carbons (Fsp3) is 0.889. The van der Waals surface area contributed by atoms with E-state index < -0.39 is 17.2 Å². The molecule has 25 heavy (non-hydrogen) atoms. The van der Waals surface area contributed by atoms with Crippen molar-refractivity contribution in [1.82, 2.24) is 16.0 Å². The highest BCUT2D eigenvalue weighted by atomic mass is 16.6. The Labute approximate surface area is 152 Å². The van der Waals surface area contributed by atoms with E-state index in [0.717, 1.165) is 44.9 Å². The van der Waals surface area contributed by atoms with E-state index in [2.05, 4.69) is 20.9 Å². The highest BCUT2D eigenvalue weighted by Crippen LogP contribution is 2.14. The molecule has 1 aliphatic heterocycles. The highest BCUT2D eigenvalue weighted by molar-refractivity contribution is 5.79. The minimum Gasteiger partial charge on any atom is -0.444 e. The molecule has 0 aromatic heterocycles. The van der Waals surface area contributed by atoms with Gasteiger partial charge in [-0.1, -0.05) is 0 Å². The van der Waals surface area contributed by atoms with Crippen molar-refractivity contribution >= 4 is 12.1 Å². The van der Waals surface area contributed by atoms with Gasteiger partial charge in [-0.15, -0.1) is 0 Å². The highest BCUT2D eigenvalue weighted by Gasteiger charge is 2.24. The zero-order valence-corrected chi connectivity index (χ0v) is 16.7. The molecule has 1 atom stereocenters. The third kappa shape index (κ3) is 10.2. The predicted octanol–water partition coefficient (Wildman–Crippen LogP) is 2.41. The van der Waals surface area contributed by atoms with Gasteiger partial charge in [0.1, 0.15) is 5.60 Å². The maximum absolute atomic E-state index is 11.9. The molecular weight excluding hydrogens is 320 g/mol. The third-order valence-corrected chi connectivity index (χ3v) is 3.60. The summed E-state index contributed by atoms with van der Waals surface area (Å²) in [5.41, 5.74) is -1.01. The van der Waals surface area contributed by atoms with Crippen molar-refractivity contribution in [2.24, 2.45) is 4.99 Å². The van der Waals surface area contributed by atoms with E-state index in [1.54, 1.807) is 0 Å². The Morgan fingerprint density at radius 1 is 1.24 bits per heavy atom. The molecule has 0 aliphatic carbocycles. The second kappa shape index (κ2) is 9.85. The molecule has 0 aromatic rings. The lowest BCUT2D eigenvalue weighted by Gasteiger charge is -2.27. The van der Waals surface area contributed by atoms with E-state index in [1.165, 1.54) is 0 Å². The molecule has 1 aliphatic rings. The number of carbonyl (C=O) groups is 1. The molecule has 0 radical (unpaired) electrons. The van der Waals surface area contributed by atoms with Crippen LogP contribution in [0.2, 0.25) is 0 Å². The first kappa shape index (κ1) is 21.5. The Bertz CT molecular complexity index is 438. The van der Waals surface area contributed by atoms with Crippen LogP contribution in [0.25, 0.3) is 0 Å². The van der Waals surface area contributed by atoms with E-state index in [0.29, 0.717) is 12.6 Å². The first-order valence-electron chi connectivity index (χ1n) is 9.26. The van der Waals surface area contributed by atoms with Crippen LogP contribution in [0, 0.1) is 0 Å². The van der Waals surface area contributed by atoms with Crippen LogP contribution in [-0.2, 0) is 9.47 Å². The summed E-state index contributed by atoms with van der Waals surface area (Å²) in [7, 11) is 0. The Morgan fingerprint density at radius 3 is 2.52 bits per heavy atom. The summed E-state index contributed by atoms with van der Waals surface area (Å²) < 4.78 is 10.9. The summed E-state index contributed by atoms with van der Waals surface area (Å²) >= 11 is 0. The number of hydrogen-bond donors (Lipinski definition) is 3. The lowest BCUT2D eigenvalue weighted by molar-refractivity contribution is 0.0476. The third-order valence-electron chi connectivity index (χ3n) is 3.60. The number of amides is 1. The second-order valence-electron chi connectivity index (χ2n) is 8.06. The summed E-state index contributed by atoms with van der Waals surface area (Å²) in [5.74, 6) is 0.750. The molecule has 0 saturated carbocycles. The van der Waals surface area contributed by atoms with Crippen LogP contribution in [-0.4, -0.2) is 55.5 Å². The number of hydrogen-bond acceptors (Lipinski definition) is 4. The topological polar surface area (TPSA) is 84.0 Å². The minimum absolute atomic E-state index is 0.362. The van der Waals surface area contributed by atoms with Gasteiger partial charge in [-0.2, -0.15) is 0 Å². The van der Waals surface area contributed by atoms with Crippen molar-refractivity contribution in [2.75, 3.05) is 26.2 Å². The molecule has 1 fully saturated rings. The molecule has 7 nitrogen and oxygen atoms in total. The van der Waals surface area contributed by atoms with Crippen LogP contribution in [0.5, 0.6) is 0 Å². The summed E-state index contributed by atoms with van der Waals surface area (Å²) in [6, 6.07) is 0. The van der Waals surface area contributed by atoms with Crippen LogP contribution in [0.4, 0.5) is 4.79 Å². The maximum atomic E-state index is 11.9. The van der Waals surface area contributed by atoms with Gasteiger partial charge in [0.25, 0.3) is 0 Å². The number of alkyl carbamates (subject to hydrolysis) is 1. The van der Waals surface area contributed by atoms with E-state index in [-0.39, 0.29) is 0 Å². The number of aliphatic imine (C=N–C) groups is 1. The average molecular weight is 357 g/mol. The minimum atomic E-state index is -0.512. The lowest BCUT2D eigenvalue weighted by atomic mass is 10.1. The fourth-order valence-corrected chi connectivity index (χ4v) is 2.46. The Kier molecular flexibility index (Phi) is 8.48. The first-order chi connectivity index (χ1) is 11.6. The summed E-state index contributed by atoms with van der Waals surface area (Å²) in [4.78, 5) is 16.5. The predicted molar refractivity (Wildman–Crippen MR) is 101 cm³/mol. The van der Waals surface area contributed by atoms with E-state index in [9.17, 15) is 4.79 Å². The van der Waals surface area contributed by atoms with Crippen LogP contribution < -0.4 is 16.0 Å². The van der Waals surface area contributed by atoms with Crippen molar-refractivity contribution in [3.8, 4) is 0 Å². The van der Waals surface area contributed by atoms with Gasteiger partial charge in [0.15, 0.2) is 5.96 Å². The van der Waals surface area contributed by atoms with Crippen molar-refractivity contribution < 1.29 is 14.3 Å². The largest absolute Gasteiger partial charge is 0.444 e. The quantitative estimate of drug-likeness (QED) is 0.482. The Morgan fingerprint density at radius 2 is 1.96 bits per heavy atom. The smallest absolute Gasteiger partial charge is 0.408 e. The number of ether oxygens (including phenoxy) is 2. The van der Waals surface area contributed by atoms with E-state index >= 15 is 0 Å². The van der Waals surface area contributed by atoms with Crippen LogP contribution in [0.15, 0.2) is 4.99 Å². The number of guanidine groups is 1. The van der Waals surface area contributed by atoms with Gasteiger partial charge in [0, 0.05) is 19.7 Å². The molecule has 146 valence electrons. The van der Waals surface area contributed by atoms with Gasteiger partial charge >= 0.3 is 6.09 Å². The molecule has 0 aromatic carbocycles. The molecule has 1 heterocycles. The van der Waals surface area contributed by atoms with Crippen molar-refractivity contribution in [1.29, 1.82) is 0 Å². The zero-order chi connectivity index (χ0) is 18.9. The van der Waals surface area contributed by atoms with Crippen molar-refractivity contribution in [3.63, 3.8) is 0 Å². The number of rotatable bonds is 7. The number of carbonyl (C=O) groups excluding carboxylic acids is 1. The maximum Gasteiger partial charge on any atom is 0.408 e. The standard InChI is InChI=1S/C18H36N4O3/c1-7-19-15(20-11-10-14-9-8-12-24-14)21-13-18(5,6)22-16(23)25-17(2,3)4/h14H,7-13H2,1-6H3,(H,22,23)(H2,19,20,21). The van der Waals surface area contributed by atoms with Gasteiger partial charge < -0.3 is 25.4 Å². The molecule has 1 unspecified atom stereocenters. The number of nitrogens with one attached hydrogen (secondary N) is 3. The van der Waals surface area contributed by atoms with Crippen LogP contribution in [0.1, 0.15) is 60.8 Å². The zero-order valence-electron chi connectivity index (χ0n) is 16.7. The second-order valence-corrected chi connectivity index (χ2v) is 8.06. The van der Waals surface area contributed by atoms with Crippen LogP contribution >= 0.6 is 0 Å². The molecule has 1 amide bonds. The molecule has 0 bridgehead atoms.